The highest BCUT2D eigenvalue weighted by Crippen LogP contribution is 2.13. The summed E-state index contributed by atoms with van der Waals surface area (Å²) in [6.45, 7) is 5.74. The van der Waals surface area contributed by atoms with Crippen LogP contribution in [0.3, 0.4) is 0 Å². The lowest BCUT2D eigenvalue weighted by Crippen LogP contribution is -2.46. The Balaban J connectivity index is 2.00. The van der Waals surface area contributed by atoms with Crippen LogP contribution in [0.25, 0.3) is 0 Å². The first-order valence-electron chi connectivity index (χ1n) is 6.66. The van der Waals surface area contributed by atoms with E-state index in [4.69, 9.17) is 5.73 Å². The lowest BCUT2D eigenvalue weighted by molar-refractivity contribution is -0.131. The molecule has 1 saturated heterocycles. The van der Waals surface area contributed by atoms with Gasteiger partial charge in [0.05, 0.1) is 6.42 Å². The quantitative estimate of drug-likeness (QED) is 0.865. The van der Waals surface area contributed by atoms with Gasteiger partial charge in [0.1, 0.15) is 0 Å². The third-order valence-corrected chi connectivity index (χ3v) is 3.74. The van der Waals surface area contributed by atoms with Gasteiger partial charge in [0.15, 0.2) is 0 Å². The predicted molar refractivity (Wildman–Crippen MR) is 73.4 cm³/mol. The first kappa shape index (κ1) is 13.1. The lowest BCUT2D eigenvalue weighted by atomic mass is 10.0. The van der Waals surface area contributed by atoms with Gasteiger partial charge in [-0.15, -0.1) is 0 Å². The molecule has 1 aromatic rings. The summed E-state index contributed by atoms with van der Waals surface area (Å²) < 4.78 is 0. The molecule has 1 aromatic carbocycles. The van der Waals surface area contributed by atoms with Crippen LogP contribution in [0.5, 0.6) is 0 Å². The number of hydrogen-bond acceptors (Lipinski definition) is 2. The fraction of sp³-hybridized carbons (Fsp3) is 0.533. The van der Waals surface area contributed by atoms with Crippen LogP contribution in [0.15, 0.2) is 18.2 Å². The molecule has 3 nitrogen and oxygen atoms in total. The number of amides is 1. The van der Waals surface area contributed by atoms with Crippen LogP contribution in [0.1, 0.15) is 29.5 Å². The van der Waals surface area contributed by atoms with Crippen molar-refractivity contribution in [1.29, 1.82) is 0 Å². The molecule has 2 N–H and O–H groups in total. The highest BCUT2D eigenvalue weighted by molar-refractivity contribution is 5.79. The van der Waals surface area contributed by atoms with Crippen molar-refractivity contribution in [3.63, 3.8) is 0 Å². The standard InChI is InChI=1S/C15H22N2O/c1-11-5-6-13(8-12(11)2)9-15(18)17-7-3-4-14(16)10-17/h5-6,8,14H,3-4,7,9-10,16H2,1-2H3. The molecular weight excluding hydrogens is 224 g/mol. The summed E-state index contributed by atoms with van der Waals surface area (Å²) >= 11 is 0. The van der Waals surface area contributed by atoms with Crippen LogP contribution in [0, 0.1) is 13.8 Å². The topological polar surface area (TPSA) is 46.3 Å². The zero-order valence-electron chi connectivity index (χ0n) is 11.3. The molecule has 0 aromatic heterocycles. The van der Waals surface area contributed by atoms with Gasteiger partial charge < -0.3 is 10.6 Å². The molecule has 1 fully saturated rings. The van der Waals surface area contributed by atoms with E-state index in [-0.39, 0.29) is 11.9 Å². The van der Waals surface area contributed by atoms with E-state index in [0.29, 0.717) is 13.0 Å². The molecule has 18 heavy (non-hydrogen) atoms. The molecule has 0 bridgehead atoms. The Morgan fingerprint density at radius 2 is 2.17 bits per heavy atom. The van der Waals surface area contributed by atoms with Crippen molar-refractivity contribution in [3.05, 3.63) is 34.9 Å². The van der Waals surface area contributed by atoms with Crippen LogP contribution in [0.4, 0.5) is 0 Å². The summed E-state index contributed by atoms with van der Waals surface area (Å²) in [6, 6.07) is 6.39. The van der Waals surface area contributed by atoms with E-state index in [1.165, 1.54) is 11.1 Å². The Morgan fingerprint density at radius 3 is 2.83 bits per heavy atom. The number of rotatable bonds is 2. The number of benzene rings is 1. The minimum Gasteiger partial charge on any atom is -0.341 e. The number of likely N-dealkylation sites (tertiary alicyclic amines) is 1. The number of aryl methyl sites for hydroxylation is 2. The molecule has 2 rings (SSSR count). The Hall–Kier alpha value is -1.35. The van der Waals surface area contributed by atoms with Gasteiger partial charge in [-0.1, -0.05) is 18.2 Å². The second-order valence-electron chi connectivity index (χ2n) is 5.34. The maximum atomic E-state index is 12.2. The monoisotopic (exact) mass is 246 g/mol. The Morgan fingerprint density at radius 1 is 1.39 bits per heavy atom. The molecule has 0 radical (unpaired) electrons. The van der Waals surface area contributed by atoms with Crippen LogP contribution in [-0.4, -0.2) is 29.9 Å². The average molecular weight is 246 g/mol. The predicted octanol–water partition coefficient (Wildman–Crippen LogP) is 1.80. The van der Waals surface area contributed by atoms with Crippen molar-refractivity contribution in [2.75, 3.05) is 13.1 Å². The number of carbonyl (C=O) groups excluding carboxylic acids is 1. The highest BCUT2D eigenvalue weighted by atomic mass is 16.2. The Kier molecular flexibility index (Phi) is 4.02. The van der Waals surface area contributed by atoms with E-state index in [9.17, 15) is 4.79 Å². The van der Waals surface area contributed by atoms with Crippen molar-refractivity contribution in [3.8, 4) is 0 Å². The third kappa shape index (κ3) is 3.10. The smallest absolute Gasteiger partial charge is 0.227 e. The van der Waals surface area contributed by atoms with E-state index in [2.05, 4.69) is 26.0 Å². The highest BCUT2D eigenvalue weighted by Gasteiger charge is 2.21. The molecule has 1 unspecified atom stereocenters. The number of hydrogen-bond donors (Lipinski definition) is 1. The van der Waals surface area contributed by atoms with E-state index in [1.54, 1.807) is 0 Å². The van der Waals surface area contributed by atoms with Gasteiger partial charge in [-0.25, -0.2) is 0 Å². The molecule has 98 valence electrons. The second kappa shape index (κ2) is 5.53. The van der Waals surface area contributed by atoms with Crippen molar-refractivity contribution in [1.82, 2.24) is 4.90 Å². The van der Waals surface area contributed by atoms with Gasteiger partial charge in [-0.2, -0.15) is 0 Å². The molecule has 3 heteroatoms. The van der Waals surface area contributed by atoms with E-state index in [1.807, 2.05) is 11.0 Å². The SMILES string of the molecule is Cc1ccc(CC(=O)N2CCCC(N)C2)cc1C. The molecule has 1 heterocycles. The fourth-order valence-corrected chi connectivity index (χ4v) is 2.44. The van der Waals surface area contributed by atoms with Gasteiger partial charge in [0.2, 0.25) is 5.91 Å². The maximum Gasteiger partial charge on any atom is 0.227 e. The van der Waals surface area contributed by atoms with Crippen molar-refractivity contribution in [2.45, 2.75) is 39.2 Å². The largest absolute Gasteiger partial charge is 0.341 e. The summed E-state index contributed by atoms with van der Waals surface area (Å²) in [5, 5.41) is 0. The Labute approximate surface area is 109 Å². The normalized spacial score (nSPS) is 19.9. The van der Waals surface area contributed by atoms with Crippen molar-refractivity contribution < 1.29 is 4.79 Å². The molecular formula is C15H22N2O. The van der Waals surface area contributed by atoms with E-state index >= 15 is 0 Å². The molecule has 1 aliphatic rings. The number of nitrogens with zero attached hydrogens (tertiary/aromatic N) is 1. The third-order valence-electron chi connectivity index (χ3n) is 3.74. The lowest BCUT2D eigenvalue weighted by Gasteiger charge is -2.30. The fourth-order valence-electron chi connectivity index (χ4n) is 2.44. The van der Waals surface area contributed by atoms with Crippen molar-refractivity contribution >= 4 is 5.91 Å². The van der Waals surface area contributed by atoms with E-state index < -0.39 is 0 Å². The molecule has 1 atom stereocenters. The zero-order valence-corrected chi connectivity index (χ0v) is 11.3. The number of piperidine rings is 1. The first-order chi connectivity index (χ1) is 8.56. The minimum atomic E-state index is 0.155. The average Bonchev–Trinajstić information content (AvgIpc) is 2.34. The molecule has 0 spiro atoms. The Bertz CT molecular complexity index is 442. The van der Waals surface area contributed by atoms with Crippen LogP contribution in [-0.2, 0) is 11.2 Å². The first-order valence-corrected chi connectivity index (χ1v) is 6.66. The van der Waals surface area contributed by atoms with Gasteiger partial charge >= 0.3 is 0 Å². The van der Waals surface area contributed by atoms with Crippen molar-refractivity contribution in [2.24, 2.45) is 5.73 Å². The molecule has 1 amide bonds. The van der Waals surface area contributed by atoms with Gasteiger partial charge in [-0.3, -0.25) is 4.79 Å². The van der Waals surface area contributed by atoms with Crippen LogP contribution < -0.4 is 5.73 Å². The molecule has 1 aliphatic heterocycles. The van der Waals surface area contributed by atoms with Gasteiger partial charge in [-0.05, 0) is 43.4 Å². The van der Waals surface area contributed by atoms with Crippen LogP contribution >= 0.6 is 0 Å². The summed E-state index contributed by atoms with van der Waals surface area (Å²) in [4.78, 5) is 14.1. The summed E-state index contributed by atoms with van der Waals surface area (Å²) in [5.74, 6) is 0.202. The molecule has 0 aliphatic carbocycles. The van der Waals surface area contributed by atoms with E-state index in [0.717, 1.165) is 24.9 Å². The number of nitrogens with two attached hydrogens (primary N) is 1. The zero-order chi connectivity index (χ0) is 13.1. The number of carbonyl (C=O) groups is 1. The minimum absolute atomic E-state index is 0.155. The van der Waals surface area contributed by atoms with Gasteiger partial charge in [0.25, 0.3) is 0 Å². The maximum absolute atomic E-state index is 12.2. The summed E-state index contributed by atoms with van der Waals surface area (Å²) in [5.41, 5.74) is 9.52. The van der Waals surface area contributed by atoms with Crippen LogP contribution in [0.2, 0.25) is 0 Å². The van der Waals surface area contributed by atoms with Gasteiger partial charge in [0, 0.05) is 19.1 Å². The summed E-state index contributed by atoms with van der Waals surface area (Å²) in [7, 11) is 0. The second-order valence-corrected chi connectivity index (χ2v) is 5.34. The molecule has 0 saturated carbocycles. The summed E-state index contributed by atoms with van der Waals surface area (Å²) in [6.07, 6.45) is 2.56.